The third-order valence-electron chi connectivity index (χ3n) is 3.13. The van der Waals surface area contributed by atoms with Crippen LogP contribution in [0.1, 0.15) is 12.5 Å². The molecule has 10 heteroatoms. The molecule has 2 rings (SSSR count). The summed E-state index contributed by atoms with van der Waals surface area (Å²) in [5, 5.41) is 12.9. The monoisotopic (exact) mass is 384 g/mol. The molecule has 26 heavy (non-hydrogen) atoms. The minimum Gasteiger partial charge on any atom is -0.305 e. The van der Waals surface area contributed by atoms with Gasteiger partial charge < -0.3 is 5.32 Å². The van der Waals surface area contributed by atoms with E-state index in [2.05, 4.69) is 15.6 Å². The fourth-order valence-corrected chi connectivity index (χ4v) is 2.63. The fourth-order valence-electron chi connectivity index (χ4n) is 1.83. The van der Waals surface area contributed by atoms with E-state index in [0.717, 1.165) is 17.8 Å². The Hall–Kier alpha value is -2.80. The minimum atomic E-state index is -1.04. The lowest BCUT2D eigenvalue weighted by Gasteiger charge is -2.12. The van der Waals surface area contributed by atoms with Gasteiger partial charge in [0.2, 0.25) is 0 Å². The first-order valence-electron chi connectivity index (χ1n) is 7.20. The highest BCUT2D eigenvalue weighted by Crippen LogP contribution is 2.20. The quantitative estimate of drug-likeness (QED) is 0.714. The van der Waals surface area contributed by atoms with Gasteiger partial charge in [0.05, 0.1) is 11.3 Å². The molecule has 1 aliphatic heterocycles. The van der Waals surface area contributed by atoms with Crippen molar-refractivity contribution in [3.05, 3.63) is 53.1 Å². The van der Waals surface area contributed by atoms with Gasteiger partial charge >= 0.3 is 6.03 Å². The molecule has 1 unspecified atom stereocenters. The number of amidine groups is 1. The van der Waals surface area contributed by atoms with E-state index in [1.807, 2.05) is 0 Å². The molecule has 1 aromatic rings. The maximum atomic E-state index is 13.8. The molecule has 0 fully saturated rings. The second kappa shape index (κ2) is 8.53. The number of allylic oxidation sites excluding steroid dienone is 2. The zero-order chi connectivity index (χ0) is 19.3. The van der Waals surface area contributed by atoms with Crippen LogP contribution in [0.25, 0.3) is 0 Å². The summed E-state index contributed by atoms with van der Waals surface area (Å²) in [6.45, 7) is 1.36. The summed E-state index contributed by atoms with van der Waals surface area (Å²) in [6.07, 6.45) is 1.81. The number of halogens is 4. The van der Waals surface area contributed by atoms with Crippen molar-refractivity contribution in [1.29, 1.82) is 5.26 Å². The van der Waals surface area contributed by atoms with E-state index >= 15 is 0 Å². The minimum absolute atomic E-state index is 0.0287. The van der Waals surface area contributed by atoms with E-state index in [9.17, 15) is 22.4 Å². The van der Waals surface area contributed by atoms with Crippen molar-refractivity contribution in [2.24, 2.45) is 4.99 Å². The van der Waals surface area contributed by atoms with Crippen LogP contribution in [0.5, 0.6) is 0 Å². The normalized spacial score (nSPS) is 23.5. The van der Waals surface area contributed by atoms with Crippen LogP contribution < -0.4 is 10.6 Å². The summed E-state index contributed by atoms with van der Waals surface area (Å²) in [6, 6.07) is 0.777. The number of rotatable bonds is 1. The van der Waals surface area contributed by atoms with E-state index in [1.165, 1.54) is 13.0 Å². The molecule has 0 saturated heterocycles. The number of hydrogen-bond acceptors (Lipinski definition) is 4. The third kappa shape index (κ3) is 5.10. The Morgan fingerprint density at radius 3 is 2.69 bits per heavy atom. The van der Waals surface area contributed by atoms with E-state index in [-0.39, 0.29) is 10.9 Å². The van der Waals surface area contributed by atoms with E-state index in [0.29, 0.717) is 18.2 Å². The maximum Gasteiger partial charge on any atom is 0.325 e. The summed E-state index contributed by atoms with van der Waals surface area (Å²) in [4.78, 5) is 15.9. The third-order valence-corrected chi connectivity index (χ3v) is 3.94. The number of thioether (sulfide) groups is 1. The predicted octanol–water partition coefficient (Wildman–Crippen LogP) is 4.16. The van der Waals surface area contributed by atoms with Crippen LogP contribution in [-0.4, -0.2) is 23.0 Å². The number of nitriles is 1. The van der Waals surface area contributed by atoms with Gasteiger partial charge in [0.25, 0.3) is 0 Å². The summed E-state index contributed by atoms with van der Waals surface area (Å²) < 4.78 is 54.3. The van der Waals surface area contributed by atoms with Gasteiger partial charge in [0, 0.05) is 17.9 Å². The van der Waals surface area contributed by atoms with Gasteiger partial charge in [-0.05, 0) is 19.1 Å². The zero-order valence-corrected chi connectivity index (χ0v) is 14.1. The highest BCUT2D eigenvalue weighted by atomic mass is 32.2. The van der Waals surface area contributed by atoms with Gasteiger partial charge in [-0.25, -0.2) is 22.4 Å². The molecule has 1 aromatic carbocycles. The van der Waals surface area contributed by atoms with Gasteiger partial charge in [0.1, 0.15) is 35.4 Å². The smallest absolute Gasteiger partial charge is 0.305 e. The lowest BCUT2D eigenvalue weighted by molar-refractivity contribution is 0.256. The Bertz CT molecular complexity index is 861. The Labute approximate surface area is 150 Å². The lowest BCUT2D eigenvalue weighted by Crippen LogP contribution is -2.34. The van der Waals surface area contributed by atoms with Gasteiger partial charge in [-0.1, -0.05) is 11.8 Å². The van der Waals surface area contributed by atoms with Crippen LogP contribution in [0.3, 0.4) is 0 Å². The van der Waals surface area contributed by atoms with Crippen LogP contribution in [0.2, 0.25) is 0 Å². The number of nitrogens with zero attached hydrogens (tertiary/aromatic N) is 2. The highest BCUT2D eigenvalue weighted by molar-refractivity contribution is 8.14. The Morgan fingerprint density at radius 2 is 2.00 bits per heavy atom. The average molecular weight is 384 g/mol. The fraction of sp³-hybridized carbons (Fsp3) is 0.188. The standard InChI is InChI=1S/C16H12F4N4OS/c1-8-11(18)5-10(17)2-3-26-16(22-8)24-15(25)23-14-6-12(19)9(7-21)4-13(14)20/h2,4-6,8H,3H2,1H3,(H2,22,23,24,25)/b10-2+,11-5+. The van der Waals surface area contributed by atoms with Crippen LogP contribution in [-0.2, 0) is 0 Å². The average Bonchev–Trinajstić information content (AvgIpc) is 2.61. The van der Waals surface area contributed by atoms with Crippen molar-refractivity contribution in [3.8, 4) is 6.07 Å². The molecular formula is C16H12F4N4OS. The number of aliphatic imine (C=N–C) groups is 1. The SMILES string of the molecule is CC1/N=C(/NC(=O)Nc2cc(F)c(C#N)cc2F)SC/C=C(F)\C=C/1F. The van der Waals surface area contributed by atoms with Crippen LogP contribution in [0.4, 0.5) is 28.0 Å². The second-order valence-corrected chi connectivity index (χ2v) is 6.05. The summed E-state index contributed by atoms with van der Waals surface area (Å²) in [5.74, 6) is -3.53. The van der Waals surface area contributed by atoms with Crippen molar-refractivity contribution in [2.75, 3.05) is 11.1 Å². The molecule has 1 heterocycles. The first kappa shape index (κ1) is 19.5. The molecule has 0 aliphatic carbocycles. The summed E-state index contributed by atoms with van der Waals surface area (Å²) in [5.41, 5.74) is -0.993. The molecule has 0 bridgehead atoms. The number of hydrogen-bond donors (Lipinski definition) is 2. The Kier molecular flexibility index (Phi) is 6.41. The molecule has 0 saturated carbocycles. The number of benzene rings is 1. The molecule has 5 nitrogen and oxygen atoms in total. The number of amides is 2. The largest absolute Gasteiger partial charge is 0.325 e. The second-order valence-electron chi connectivity index (χ2n) is 5.04. The highest BCUT2D eigenvalue weighted by Gasteiger charge is 2.16. The van der Waals surface area contributed by atoms with E-state index < -0.39 is 46.6 Å². The zero-order valence-electron chi connectivity index (χ0n) is 13.3. The Balaban J connectivity index is 2.13. The molecule has 2 N–H and O–H groups in total. The van der Waals surface area contributed by atoms with Crippen LogP contribution >= 0.6 is 11.8 Å². The predicted molar refractivity (Wildman–Crippen MR) is 91.0 cm³/mol. The molecule has 1 atom stereocenters. The molecule has 136 valence electrons. The van der Waals surface area contributed by atoms with Crippen molar-refractivity contribution >= 4 is 28.6 Å². The summed E-state index contributed by atoms with van der Waals surface area (Å²) in [7, 11) is 0. The lowest BCUT2D eigenvalue weighted by atomic mass is 10.2. The first-order valence-corrected chi connectivity index (χ1v) is 8.19. The molecule has 0 aromatic heterocycles. The molecular weight excluding hydrogens is 372 g/mol. The van der Waals surface area contributed by atoms with Crippen molar-refractivity contribution < 1.29 is 22.4 Å². The Morgan fingerprint density at radius 1 is 1.27 bits per heavy atom. The van der Waals surface area contributed by atoms with Gasteiger partial charge in [0.15, 0.2) is 5.17 Å². The molecule has 2 amide bonds. The van der Waals surface area contributed by atoms with E-state index in [4.69, 9.17) is 5.26 Å². The number of urea groups is 1. The van der Waals surface area contributed by atoms with Crippen LogP contribution in [0.15, 0.2) is 40.9 Å². The topological polar surface area (TPSA) is 77.3 Å². The molecule has 1 aliphatic rings. The van der Waals surface area contributed by atoms with Crippen molar-refractivity contribution in [3.63, 3.8) is 0 Å². The molecule has 0 spiro atoms. The molecule has 0 radical (unpaired) electrons. The number of carbonyl (C=O) groups excluding carboxylic acids is 1. The van der Waals surface area contributed by atoms with Gasteiger partial charge in [-0.3, -0.25) is 10.3 Å². The maximum absolute atomic E-state index is 13.8. The van der Waals surface area contributed by atoms with Gasteiger partial charge in [-0.15, -0.1) is 0 Å². The number of anilines is 1. The van der Waals surface area contributed by atoms with Crippen molar-refractivity contribution in [2.45, 2.75) is 13.0 Å². The summed E-state index contributed by atoms with van der Waals surface area (Å²) >= 11 is 0.923. The number of carbonyl (C=O) groups is 1. The first-order chi connectivity index (χ1) is 12.3. The van der Waals surface area contributed by atoms with Crippen LogP contribution in [0, 0.1) is 23.0 Å². The number of nitrogens with one attached hydrogen (secondary N) is 2. The van der Waals surface area contributed by atoms with Gasteiger partial charge in [-0.2, -0.15) is 5.26 Å². The van der Waals surface area contributed by atoms with E-state index in [1.54, 1.807) is 0 Å². The van der Waals surface area contributed by atoms with Crippen molar-refractivity contribution in [1.82, 2.24) is 5.32 Å².